The predicted octanol–water partition coefficient (Wildman–Crippen LogP) is 3.95. The van der Waals surface area contributed by atoms with Crippen LogP contribution in [0.2, 0.25) is 0 Å². The number of rotatable bonds is 5. The van der Waals surface area contributed by atoms with E-state index >= 15 is 0 Å². The van der Waals surface area contributed by atoms with Crippen LogP contribution in [0.25, 0.3) is 22.5 Å². The molecule has 0 N–H and O–H groups in total. The molecule has 146 valence electrons. The second kappa shape index (κ2) is 7.80. The van der Waals surface area contributed by atoms with E-state index in [0.717, 1.165) is 0 Å². The van der Waals surface area contributed by atoms with Crippen LogP contribution in [-0.2, 0) is 0 Å². The third-order valence-electron chi connectivity index (χ3n) is 4.83. The van der Waals surface area contributed by atoms with Crippen molar-refractivity contribution in [2.45, 2.75) is 6.04 Å². The first-order chi connectivity index (χ1) is 14.2. The maximum absolute atomic E-state index is 14.0. The summed E-state index contributed by atoms with van der Waals surface area (Å²) in [6.45, 7) is -1.50. The smallest absolute Gasteiger partial charge is 0.234 e. The normalized spacial score (nSPS) is 13.8. The largest absolute Gasteiger partial charge is 0.358 e. The van der Waals surface area contributed by atoms with E-state index in [4.69, 9.17) is 0 Å². The number of benzene rings is 1. The number of fused-ring (bicyclic) bond motifs is 1. The van der Waals surface area contributed by atoms with Crippen LogP contribution < -0.4 is 0 Å². The monoisotopic (exact) mass is 395 g/mol. The summed E-state index contributed by atoms with van der Waals surface area (Å²) in [5.74, 6) is -0.223. The Bertz CT molecular complexity index is 1140. The van der Waals surface area contributed by atoms with Gasteiger partial charge in [0.25, 0.3) is 0 Å². The average Bonchev–Trinajstić information content (AvgIpc) is 3.08. The summed E-state index contributed by atoms with van der Waals surface area (Å²) in [5, 5.41) is 10.3. The molecule has 0 amide bonds. The number of allylic oxidation sites excluding steroid dienone is 2. The van der Waals surface area contributed by atoms with Crippen molar-refractivity contribution in [3.05, 3.63) is 72.0 Å². The van der Waals surface area contributed by atoms with Crippen LogP contribution in [0.4, 0.5) is 13.2 Å². The lowest BCUT2D eigenvalue weighted by Gasteiger charge is -2.33. The van der Waals surface area contributed by atoms with Gasteiger partial charge < -0.3 is 4.90 Å². The highest BCUT2D eigenvalue weighted by atomic mass is 19.1. The fraction of sp³-hybridized carbons (Fsp3) is 0.190. The number of halogens is 3. The summed E-state index contributed by atoms with van der Waals surface area (Å²) >= 11 is 0. The maximum Gasteiger partial charge on any atom is 0.234 e. The van der Waals surface area contributed by atoms with Gasteiger partial charge in [-0.15, -0.1) is 0 Å². The highest BCUT2D eigenvalue weighted by molar-refractivity contribution is 5.94. The van der Waals surface area contributed by atoms with E-state index in [1.165, 1.54) is 18.2 Å². The molecule has 1 aliphatic heterocycles. The van der Waals surface area contributed by atoms with Crippen LogP contribution >= 0.6 is 0 Å². The molecule has 0 atom stereocenters. The highest BCUT2D eigenvalue weighted by Gasteiger charge is 2.29. The molecule has 8 heteroatoms. The zero-order chi connectivity index (χ0) is 20.4. The minimum Gasteiger partial charge on any atom is -0.358 e. The van der Waals surface area contributed by atoms with E-state index < -0.39 is 25.2 Å². The van der Waals surface area contributed by atoms with Crippen molar-refractivity contribution in [3.8, 4) is 12.0 Å². The molecule has 29 heavy (non-hydrogen) atoms. The quantitative estimate of drug-likeness (QED) is 0.656. The van der Waals surface area contributed by atoms with Crippen molar-refractivity contribution in [3.63, 3.8) is 0 Å². The van der Waals surface area contributed by atoms with E-state index in [2.05, 4.69) is 16.0 Å². The van der Waals surface area contributed by atoms with Gasteiger partial charge in [0.2, 0.25) is 5.95 Å². The average molecular weight is 395 g/mol. The van der Waals surface area contributed by atoms with Gasteiger partial charge in [-0.05, 0) is 30.3 Å². The Labute approximate surface area is 165 Å². The third-order valence-corrected chi connectivity index (χ3v) is 4.83. The number of hydrogen-bond donors (Lipinski definition) is 0. The third kappa shape index (κ3) is 3.14. The molecule has 5 nitrogen and oxygen atoms in total. The molecule has 0 unspecified atom stereocenters. The van der Waals surface area contributed by atoms with Crippen molar-refractivity contribution in [1.82, 2.24) is 19.4 Å². The van der Waals surface area contributed by atoms with Crippen molar-refractivity contribution in [2.75, 3.05) is 19.9 Å². The number of hydrogen-bond acceptors (Lipinski definition) is 4. The molecule has 0 bridgehead atoms. The van der Waals surface area contributed by atoms with Crippen molar-refractivity contribution in [1.29, 1.82) is 5.26 Å². The number of nitrogens with zero attached hydrogens (tertiary/aromatic N) is 5. The van der Waals surface area contributed by atoms with E-state index in [1.54, 1.807) is 46.2 Å². The molecule has 0 radical (unpaired) electrons. The van der Waals surface area contributed by atoms with Gasteiger partial charge in [0.15, 0.2) is 0 Å². The molecule has 4 rings (SSSR count). The summed E-state index contributed by atoms with van der Waals surface area (Å²) in [7, 11) is 0. The maximum atomic E-state index is 14.0. The van der Waals surface area contributed by atoms with Gasteiger partial charge in [0.1, 0.15) is 25.2 Å². The van der Waals surface area contributed by atoms with Crippen LogP contribution in [-0.4, -0.2) is 45.4 Å². The van der Waals surface area contributed by atoms with E-state index in [0.29, 0.717) is 22.3 Å². The van der Waals surface area contributed by atoms with Crippen LogP contribution in [0, 0.1) is 17.1 Å². The number of nitriles is 1. The summed E-state index contributed by atoms with van der Waals surface area (Å²) in [5.41, 5.74) is 1.54. The Morgan fingerprint density at radius 2 is 1.93 bits per heavy atom. The Kier molecular flexibility index (Phi) is 5.04. The fourth-order valence-electron chi connectivity index (χ4n) is 3.53. The summed E-state index contributed by atoms with van der Waals surface area (Å²) in [4.78, 5) is 10.1. The zero-order valence-electron chi connectivity index (χ0n) is 15.3. The SMILES string of the molecule is N#Cc1c(C2=CC=CCN2C(CF)CF)n(-c2ncccn2)c2ccc(F)cc12. The molecule has 3 heterocycles. The lowest BCUT2D eigenvalue weighted by atomic mass is 10.1. The second-order valence-corrected chi connectivity index (χ2v) is 6.48. The van der Waals surface area contributed by atoms with E-state index in [1.807, 2.05) is 0 Å². The molecule has 2 aromatic heterocycles. The molecule has 0 saturated heterocycles. The van der Waals surface area contributed by atoms with Gasteiger partial charge in [-0.1, -0.05) is 12.2 Å². The molecular weight excluding hydrogens is 379 g/mol. The summed E-state index contributed by atoms with van der Waals surface area (Å²) in [6, 6.07) is 6.86. The van der Waals surface area contributed by atoms with Gasteiger partial charge >= 0.3 is 0 Å². The van der Waals surface area contributed by atoms with Gasteiger partial charge in [-0.3, -0.25) is 4.57 Å². The number of alkyl halides is 2. The van der Waals surface area contributed by atoms with Gasteiger partial charge in [0.05, 0.1) is 28.5 Å². The first-order valence-electron chi connectivity index (χ1n) is 8.96. The first kappa shape index (κ1) is 18.7. The first-order valence-corrected chi connectivity index (χ1v) is 8.96. The van der Waals surface area contributed by atoms with Gasteiger partial charge in [-0.25, -0.2) is 23.1 Å². The molecule has 0 spiro atoms. The second-order valence-electron chi connectivity index (χ2n) is 6.48. The zero-order valence-corrected chi connectivity index (χ0v) is 15.3. The lowest BCUT2D eigenvalue weighted by molar-refractivity contribution is 0.212. The minimum atomic E-state index is -1.00. The molecule has 1 aliphatic rings. The molecule has 0 aliphatic carbocycles. The van der Waals surface area contributed by atoms with Crippen LogP contribution in [0.15, 0.2) is 54.9 Å². The van der Waals surface area contributed by atoms with Crippen molar-refractivity contribution in [2.24, 2.45) is 0 Å². The van der Waals surface area contributed by atoms with E-state index in [9.17, 15) is 18.4 Å². The standard InChI is InChI=1S/C21H16F3N5/c22-11-15(12-23)28-9-2-1-4-19(28)20-17(13-25)16-10-14(24)5-6-18(16)29(20)21-26-7-3-8-27-21/h1-8,10,15H,9,11-12H2. The summed E-state index contributed by atoms with van der Waals surface area (Å²) < 4.78 is 42.6. The Balaban J connectivity index is 2.07. The number of aromatic nitrogens is 3. The minimum absolute atomic E-state index is 0.190. The highest BCUT2D eigenvalue weighted by Crippen LogP contribution is 2.36. The Hall–Kier alpha value is -3.60. The Morgan fingerprint density at radius 1 is 1.17 bits per heavy atom. The van der Waals surface area contributed by atoms with Gasteiger partial charge in [-0.2, -0.15) is 5.26 Å². The van der Waals surface area contributed by atoms with Crippen LogP contribution in [0.3, 0.4) is 0 Å². The fourth-order valence-corrected chi connectivity index (χ4v) is 3.53. The lowest BCUT2D eigenvalue weighted by Crippen LogP contribution is -2.39. The molecule has 1 aromatic carbocycles. The van der Waals surface area contributed by atoms with Gasteiger partial charge in [0, 0.05) is 24.3 Å². The Morgan fingerprint density at radius 3 is 2.62 bits per heavy atom. The molecule has 3 aromatic rings. The molecule has 0 saturated carbocycles. The van der Waals surface area contributed by atoms with E-state index in [-0.39, 0.29) is 18.1 Å². The van der Waals surface area contributed by atoms with Crippen LogP contribution in [0.1, 0.15) is 11.3 Å². The van der Waals surface area contributed by atoms with Crippen LogP contribution in [0.5, 0.6) is 0 Å². The molecule has 0 fully saturated rings. The predicted molar refractivity (Wildman–Crippen MR) is 103 cm³/mol. The topological polar surface area (TPSA) is 57.7 Å². The molecular formula is C21H16F3N5. The van der Waals surface area contributed by atoms with Crippen molar-refractivity contribution >= 4 is 16.6 Å². The van der Waals surface area contributed by atoms with Crippen molar-refractivity contribution < 1.29 is 13.2 Å². The summed E-state index contributed by atoms with van der Waals surface area (Å²) in [6.07, 6.45) is 8.32.